The van der Waals surface area contributed by atoms with Crippen molar-refractivity contribution in [3.05, 3.63) is 70.2 Å². The van der Waals surface area contributed by atoms with Crippen LogP contribution < -0.4 is 5.32 Å². The Morgan fingerprint density at radius 1 is 1.23 bits per heavy atom. The largest absolute Gasteiger partial charge is 0.480 e. The minimum absolute atomic E-state index is 0.244. The number of nitrogens with zero attached hydrogens (tertiary/aromatic N) is 2. The SMILES string of the molecule is CCC/C=C(C=O)\C=C/C(C)NC(=O)c1nc(/C2=C/CC=C(SC(C)(C)C(=O)O)/C=C\C2)n(CCCCC)c1C. The third-order valence-electron chi connectivity index (χ3n) is 6.64. The van der Waals surface area contributed by atoms with Gasteiger partial charge in [0, 0.05) is 28.8 Å². The number of carboxylic acids is 1. The predicted molar refractivity (Wildman–Crippen MR) is 165 cm³/mol. The number of aldehydes is 1. The van der Waals surface area contributed by atoms with Crippen LogP contribution in [0.1, 0.15) is 102 Å². The highest BCUT2D eigenvalue weighted by Crippen LogP contribution is 2.34. The molecule has 0 saturated carbocycles. The van der Waals surface area contributed by atoms with Crippen LogP contribution in [-0.2, 0) is 16.1 Å². The fraction of sp³-hybridized carbons (Fsp3) is 0.500. The van der Waals surface area contributed by atoms with Gasteiger partial charge in [0.15, 0.2) is 0 Å². The summed E-state index contributed by atoms with van der Waals surface area (Å²) in [5.74, 6) is -0.290. The molecule has 1 atom stereocenters. The lowest BCUT2D eigenvalue weighted by Crippen LogP contribution is -2.32. The molecule has 0 bridgehead atoms. The van der Waals surface area contributed by atoms with Crippen LogP contribution >= 0.6 is 11.8 Å². The molecule has 2 N–H and O–H groups in total. The Balaban J connectivity index is 2.30. The van der Waals surface area contributed by atoms with Crippen LogP contribution in [0.2, 0.25) is 0 Å². The highest BCUT2D eigenvalue weighted by molar-refractivity contribution is 8.05. The lowest BCUT2D eigenvalue weighted by Gasteiger charge is -2.19. The van der Waals surface area contributed by atoms with E-state index in [2.05, 4.69) is 29.8 Å². The van der Waals surface area contributed by atoms with Crippen molar-refractivity contribution in [1.82, 2.24) is 14.9 Å². The van der Waals surface area contributed by atoms with Crippen molar-refractivity contribution >= 4 is 35.5 Å². The third-order valence-corrected chi connectivity index (χ3v) is 7.86. The Kier molecular flexibility index (Phi) is 13.4. The number of thioether (sulfide) groups is 1. The number of hydrogen-bond donors (Lipinski definition) is 2. The minimum atomic E-state index is -0.913. The summed E-state index contributed by atoms with van der Waals surface area (Å²) in [4.78, 5) is 41.9. The Bertz CT molecular complexity index is 1200. The zero-order valence-corrected chi connectivity index (χ0v) is 25.6. The predicted octanol–water partition coefficient (Wildman–Crippen LogP) is 7.20. The van der Waals surface area contributed by atoms with Crippen molar-refractivity contribution in [3.8, 4) is 0 Å². The van der Waals surface area contributed by atoms with Gasteiger partial charge in [-0.3, -0.25) is 14.4 Å². The third kappa shape index (κ3) is 9.81. The Hall–Kier alpha value is -3.13. The molecule has 0 saturated heterocycles. The summed E-state index contributed by atoms with van der Waals surface area (Å²) < 4.78 is 1.24. The monoisotopic (exact) mass is 567 g/mol. The number of carbonyl (C=O) groups excluding carboxylic acids is 2. The molecular weight excluding hydrogens is 522 g/mol. The van der Waals surface area contributed by atoms with Crippen molar-refractivity contribution in [3.63, 3.8) is 0 Å². The van der Waals surface area contributed by atoms with Gasteiger partial charge >= 0.3 is 5.97 Å². The molecule has 1 aliphatic carbocycles. The maximum Gasteiger partial charge on any atom is 0.319 e. The molecule has 218 valence electrons. The van der Waals surface area contributed by atoms with Crippen molar-refractivity contribution in [2.45, 2.75) is 104 Å². The van der Waals surface area contributed by atoms with E-state index in [1.54, 1.807) is 19.9 Å². The summed E-state index contributed by atoms with van der Waals surface area (Å²) in [6.07, 6.45) is 20.7. The average Bonchev–Trinajstić information content (AvgIpc) is 3.21. The smallest absolute Gasteiger partial charge is 0.319 e. The van der Waals surface area contributed by atoms with Crippen molar-refractivity contribution in [2.75, 3.05) is 0 Å². The first kappa shape index (κ1) is 33.1. The lowest BCUT2D eigenvalue weighted by molar-refractivity contribution is -0.138. The normalized spacial score (nSPS) is 17.4. The van der Waals surface area contributed by atoms with Gasteiger partial charge in [-0.1, -0.05) is 75.6 Å². The lowest BCUT2D eigenvalue weighted by atomic mass is 10.1. The molecule has 1 aromatic rings. The molecule has 1 heterocycles. The standard InChI is InChI=1S/C32H45N3O4S/c1-7-9-11-21-35-24(4)28(30(37)33-23(3)19-20-25(22-36)14-10-8-2)34-29(35)26-15-12-17-27(18-13-16-26)40-32(5,6)31(38)39/h12,14,16-20,22-23H,7-11,13,15,21H2,1-6H3,(H,33,37)(H,38,39)/b17-12-,20-19-,25-14+,26-16+,27-18?. The molecule has 0 spiro atoms. The molecule has 1 aliphatic rings. The summed E-state index contributed by atoms with van der Waals surface area (Å²) in [6, 6.07) is -0.273. The maximum atomic E-state index is 13.3. The molecule has 8 heteroatoms. The molecule has 1 unspecified atom stereocenters. The first-order chi connectivity index (χ1) is 19.0. The number of hydrogen-bond acceptors (Lipinski definition) is 5. The Morgan fingerprint density at radius 3 is 2.62 bits per heavy atom. The molecule has 40 heavy (non-hydrogen) atoms. The van der Waals surface area contributed by atoms with E-state index >= 15 is 0 Å². The number of carboxylic acid groups (broad SMARTS) is 1. The summed E-state index contributed by atoms with van der Waals surface area (Å²) in [5.41, 5.74) is 2.88. The zero-order chi connectivity index (χ0) is 29.7. The number of amides is 1. The number of carbonyl (C=O) groups is 3. The average molecular weight is 568 g/mol. The second-order valence-electron chi connectivity index (χ2n) is 10.6. The van der Waals surface area contributed by atoms with Gasteiger partial charge in [0.05, 0.1) is 0 Å². The maximum absolute atomic E-state index is 13.3. The zero-order valence-electron chi connectivity index (χ0n) is 24.8. The van der Waals surface area contributed by atoms with E-state index in [-0.39, 0.29) is 11.9 Å². The molecule has 0 radical (unpaired) electrons. The Morgan fingerprint density at radius 2 is 1.98 bits per heavy atom. The van der Waals surface area contributed by atoms with Crippen LogP contribution in [0.25, 0.3) is 5.57 Å². The van der Waals surface area contributed by atoms with Crippen molar-refractivity contribution in [1.29, 1.82) is 0 Å². The van der Waals surface area contributed by atoms with Crippen LogP contribution in [-0.4, -0.2) is 43.6 Å². The first-order valence-corrected chi connectivity index (χ1v) is 15.1. The summed E-state index contributed by atoms with van der Waals surface area (Å²) in [6.45, 7) is 12.2. The number of allylic oxidation sites excluding steroid dienone is 8. The highest BCUT2D eigenvalue weighted by Gasteiger charge is 2.29. The molecule has 1 amide bonds. The van der Waals surface area contributed by atoms with E-state index in [9.17, 15) is 19.5 Å². The second kappa shape index (κ2) is 16.2. The van der Waals surface area contributed by atoms with Crippen LogP contribution in [0.5, 0.6) is 0 Å². The van der Waals surface area contributed by atoms with E-state index in [1.807, 2.05) is 44.2 Å². The molecular formula is C32H45N3O4S. The molecule has 0 fully saturated rings. The summed E-state index contributed by atoms with van der Waals surface area (Å²) in [5, 5.41) is 12.5. The molecule has 0 aromatic carbocycles. The number of imidazole rings is 1. The van der Waals surface area contributed by atoms with Crippen molar-refractivity contribution < 1.29 is 19.5 Å². The van der Waals surface area contributed by atoms with E-state index in [0.29, 0.717) is 24.1 Å². The number of aromatic nitrogens is 2. The minimum Gasteiger partial charge on any atom is -0.480 e. The van der Waals surface area contributed by atoms with Gasteiger partial charge in [0.25, 0.3) is 5.91 Å². The van der Waals surface area contributed by atoms with Gasteiger partial charge in [-0.25, -0.2) is 4.98 Å². The number of nitrogens with one attached hydrogen (secondary N) is 1. The number of rotatable bonds is 15. The van der Waals surface area contributed by atoms with Gasteiger partial charge in [-0.2, -0.15) is 0 Å². The van der Waals surface area contributed by atoms with E-state index in [1.165, 1.54) is 11.8 Å². The van der Waals surface area contributed by atoms with Crippen LogP contribution in [0.3, 0.4) is 0 Å². The van der Waals surface area contributed by atoms with E-state index in [0.717, 1.165) is 66.9 Å². The quantitative estimate of drug-likeness (QED) is 0.101. The van der Waals surface area contributed by atoms with Gasteiger partial charge in [-0.15, -0.1) is 11.8 Å². The fourth-order valence-electron chi connectivity index (χ4n) is 4.20. The molecule has 0 aliphatic heterocycles. The van der Waals surface area contributed by atoms with Gasteiger partial charge in [0.1, 0.15) is 22.6 Å². The van der Waals surface area contributed by atoms with Gasteiger partial charge in [-0.05, 0) is 59.0 Å². The van der Waals surface area contributed by atoms with E-state index < -0.39 is 10.7 Å². The van der Waals surface area contributed by atoms with Crippen molar-refractivity contribution in [2.24, 2.45) is 0 Å². The molecule has 1 aromatic heterocycles. The van der Waals surface area contributed by atoms with Crippen LogP contribution in [0.15, 0.2) is 53.0 Å². The topological polar surface area (TPSA) is 101 Å². The first-order valence-electron chi connectivity index (χ1n) is 14.2. The highest BCUT2D eigenvalue weighted by atomic mass is 32.2. The number of unbranched alkanes of at least 4 members (excludes halogenated alkanes) is 3. The second-order valence-corrected chi connectivity index (χ2v) is 12.3. The Labute approximate surface area is 243 Å². The summed E-state index contributed by atoms with van der Waals surface area (Å²) >= 11 is 1.34. The van der Waals surface area contributed by atoms with E-state index in [4.69, 9.17) is 4.98 Å². The fourth-order valence-corrected chi connectivity index (χ4v) is 5.22. The van der Waals surface area contributed by atoms with Crippen LogP contribution in [0, 0.1) is 6.92 Å². The molecule has 7 nitrogen and oxygen atoms in total. The summed E-state index contributed by atoms with van der Waals surface area (Å²) in [7, 11) is 0. The number of aliphatic carboxylic acids is 1. The molecule has 2 rings (SSSR count). The van der Waals surface area contributed by atoms with Gasteiger partial charge in [0.2, 0.25) is 0 Å². The van der Waals surface area contributed by atoms with Gasteiger partial charge < -0.3 is 15.0 Å². The van der Waals surface area contributed by atoms with Crippen LogP contribution in [0.4, 0.5) is 0 Å².